The van der Waals surface area contributed by atoms with Crippen LogP contribution in [0.5, 0.6) is 5.75 Å². The number of morpholine rings is 1. The molecule has 3 rings (SSSR count). The molecule has 0 aliphatic carbocycles. The lowest BCUT2D eigenvalue weighted by molar-refractivity contribution is -0.128. The zero-order chi connectivity index (χ0) is 18.4. The number of carbonyl (C=O) groups is 2. The van der Waals surface area contributed by atoms with Crippen molar-refractivity contribution in [3.63, 3.8) is 0 Å². The van der Waals surface area contributed by atoms with Crippen LogP contribution in [-0.2, 0) is 9.53 Å². The van der Waals surface area contributed by atoms with E-state index in [9.17, 15) is 9.59 Å². The van der Waals surface area contributed by atoms with Crippen LogP contribution in [0.2, 0.25) is 0 Å². The number of nitrogens with zero attached hydrogens (tertiary/aromatic N) is 1. The molecule has 1 aromatic rings. The Hall–Kier alpha value is -2.12. The van der Waals surface area contributed by atoms with Gasteiger partial charge in [0, 0.05) is 31.7 Å². The van der Waals surface area contributed by atoms with Gasteiger partial charge in [0.05, 0.1) is 18.9 Å². The van der Waals surface area contributed by atoms with Crippen molar-refractivity contribution in [1.82, 2.24) is 10.2 Å². The van der Waals surface area contributed by atoms with E-state index in [-0.39, 0.29) is 11.8 Å². The summed E-state index contributed by atoms with van der Waals surface area (Å²) >= 11 is 0. The van der Waals surface area contributed by atoms with Crippen LogP contribution < -0.4 is 15.4 Å². The van der Waals surface area contributed by atoms with E-state index in [4.69, 9.17) is 9.47 Å². The van der Waals surface area contributed by atoms with Crippen LogP contribution in [0, 0.1) is 0 Å². The molecule has 0 saturated carbocycles. The van der Waals surface area contributed by atoms with Crippen LogP contribution in [0.15, 0.2) is 18.2 Å². The number of anilines is 1. The molecule has 0 spiro atoms. The van der Waals surface area contributed by atoms with Gasteiger partial charge in [-0.1, -0.05) is 0 Å². The Balaban J connectivity index is 1.76. The summed E-state index contributed by atoms with van der Waals surface area (Å²) in [6.45, 7) is 5.65. The van der Waals surface area contributed by atoms with Gasteiger partial charge in [0.25, 0.3) is 11.8 Å². The van der Waals surface area contributed by atoms with Gasteiger partial charge in [-0.15, -0.1) is 0 Å². The zero-order valence-corrected chi connectivity index (χ0v) is 15.3. The van der Waals surface area contributed by atoms with Gasteiger partial charge >= 0.3 is 0 Å². The number of amides is 2. The van der Waals surface area contributed by atoms with Gasteiger partial charge in [-0.2, -0.15) is 0 Å². The second-order valence-electron chi connectivity index (χ2n) is 6.55. The fourth-order valence-electron chi connectivity index (χ4n) is 3.27. The summed E-state index contributed by atoms with van der Waals surface area (Å²) in [6.07, 6.45) is 2.71. The fraction of sp³-hybridized carbons (Fsp3) is 0.579. The van der Waals surface area contributed by atoms with Crippen LogP contribution >= 0.6 is 0 Å². The number of hydrogen-bond acceptors (Lipinski definition) is 5. The number of benzene rings is 1. The van der Waals surface area contributed by atoms with Crippen LogP contribution in [0.1, 0.15) is 36.5 Å². The van der Waals surface area contributed by atoms with E-state index < -0.39 is 6.10 Å². The van der Waals surface area contributed by atoms with Crippen molar-refractivity contribution in [3.05, 3.63) is 23.8 Å². The third kappa shape index (κ3) is 4.53. The molecule has 0 aromatic heterocycles. The van der Waals surface area contributed by atoms with Gasteiger partial charge in [0.15, 0.2) is 0 Å². The van der Waals surface area contributed by atoms with E-state index >= 15 is 0 Å². The smallest absolute Gasteiger partial charge is 0.254 e. The highest BCUT2D eigenvalue weighted by molar-refractivity contribution is 5.99. The van der Waals surface area contributed by atoms with E-state index in [1.807, 2.05) is 11.8 Å². The lowest BCUT2D eigenvalue weighted by Crippen LogP contribution is -2.45. The first-order valence-corrected chi connectivity index (χ1v) is 9.38. The van der Waals surface area contributed by atoms with Crippen molar-refractivity contribution in [3.8, 4) is 5.75 Å². The van der Waals surface area contributed by atoms with E-state index in [0.717, 1.165) is 32.5 Å². The molecule has 1 unspecified atom stereocenters. The van der Waals surface area contributed by atoms with Crippen LogP contribution in [0.25, 0.3) is 0 Å². The number of ether oxygens (including phenoxy) is 2. The fourth-order valence-corrected chi connectivity index (χ4v) is 3.27. The topological polar surface area (TPSA) is 79.9 Å². The van der Waals surface area contributed by atoms with Crippen molar-refractivity contribution in [2.75, 3.05) is 44.7 Å². The average molecular weight is 361 g/mol. The minimum Gasteiger partial charge on any atom is -0.492 e. The molecule has 2 N–H and O–H groups in total. The van der Waals surface area contributed by atoms with Crippen LogP contribution in [0.3, 0.4) is 0 Å². The van der Waals surface area contributed by atoms with Crippen molar-refractivity contribution in [2.45, 2.75) is 32.3 Å². The molecule has 26 heavy (non-hydrogen) atoms. The first kappa shape index (κ1) is 18.7. The number of rotatable bonds is 5. The lowest BCUT2D eigenvalue weighted by atomic mass is 10.1. The molecule has 2 aliphatic heterocycles. The maximum atomic E-state index is 12.7. The third-order valence-corrected chi connectivity index (χ3v) is 4.65. The largest absolute Gasteiger partial charge is 0.492 e. The Kier molecular flexibility index (Phi) is 6.46. The molecule has 2 heterocycles. The highest BCUT2D eigenvalue weighted by Crippen LogP contribution is 2.27. The second kappa shape index (κ2) is 9.00. The molecule has 1 atom stereocenters. The third-order valence-electron chi connectivity index (χ3n) is 4.65. The van der Waals surface area contributed by atoms with Gasteiger partial charge in [0.2, 0.25) is 0 Å². The summed E-state index contributed by atoms with van der Waals surface area (Å²) in [5.41, 5.74) is 1.07. The monoisotopic (exact) mass is 361 g/mol. The molecule has 0 bridgehead atoms. The first-order chi connectivity index (χ1) is 12.7. The summed E-state index contributed by atoms with van der Waals surface area (Å²) in [5, 5.41) is 6.00. The standard InChI is InChI=1S/C19H27N3O4/c1-2-25-16-7-6-14(19(24)22-9-4-3-5-10-22)12-15(16)21-18(23)17-13-20-8-11-26-17/h6-7,12,17,20H,2-5,8-11,13H2,1H3,(H,21,23). The maximum Gasteiger partial charge on any atom is 0.254 e. The van der Waals surface area contributed by atoms with Gasteiger partial charge < -0.3 is 25.0 Å². The molecule has 142 valence electrons. The Morgan fingerprint density at radius 1 is 1.31 bits per heavy atom. The predicted molar refractivity (Wildman–Crippen MR) is 98.6 cm³/mol. The summed E-state index contributed by atoms with van der Waals surface area (Å²) in [4.78, 5) is 27.1. The molecule has 7 heteroatoms. The Labute approximate surface area is 154 Å². The normalized spacial score (nSPS) is 20.5. The zero-order valence-electron chi connectivity index (χ0n) is 15.3. The molecule has 2 saturated heterocycles. The first-order valence-electron chi connectivity index (χ1n) is 9.38. The van der Waals surface area contributed by atoms with Crippen molar-refractivity contribution in [2.24, 2.45) is 0 Å². The predicted octanol–water partition coefficient (Wildman–Crippen LogP) is 1.64. The number of nitrogens with one attached hydrogen (secondary N) is 2. The SMILES string of the molecule is CCOc1ccc(C(=O)N2CCCCC2)cc1NC(=O)C1CNCCO1. The molecule has 2 aliphatic rings. The van der Waals surface area contributed by atoms with Crippen molar-refractivity contribution in [1.29, 1.82) is 0 Å². The summed E-state index contributed by atoms with van der Waals surface area (Å²) < 4.78 is 11.1. The molecular weight excluding hydrogens is 334 g/mol. The van der Waals surface area contributed by atoms with E-state index in [1.165, 1.54) is 6.42 Å². The van der Waals surface area contributed by atoms with Gasteiger partial charge in [-0.05, 0) is 44.4 Å². The molecule has 1 aromatic carbocycles. The minimum atomic E-state index is -0.542. The molecule has 0 radical (unpaired) electrons. The Morgan fingerprint density at radius 2 is 2.12 bits per heavy atom. The van der Waals surface area contributed by atoms with Gasteiger partial charge in [-0.25, -0.2) is 0 Å². The van der Waals surface area contributed by atoms with E-state index in [2.05, 4.69) is 10.6 Å². The average Bonchev–Trinajstić information content (AvgIpc) is 2.70. The van der Waals surface area contributed by atoms with E-state index in [1.54, 1.807) is 18.2 Å². The number of piperidine rings is 1. The number of hydrogen-bond donors (Lipinski definition) is 2. The van der Waals surface area contributed by atoms with Crippen LogP contribution in [0.4, 0.5) is 5.69 Å². The number of carbonyl (C=O) groups excluding carboxylic acids is 2. The van der Waals surface area contributed by atoms with E-state index in [0.29, 0.717) is 36.8 Å². The minimum absolute atomic E-state index is 0.00108. The van der Waals surface area contributed by atoms with Gasteiger partial charge in [-0.3, -0.25) is 9.59 Å². The second-order valence-corrected chi connectivity index (χ2v) is 6.55. The number of likely N-dealkylation sites (tertiary alicyclic amines) is 1. The summed E-state index contributed by atoms with van der Waals surface area (Å²) in [6, 6.07) is 5.21. The Bertz CT molecular complexity index is 638. The Morgan fingerprint density at radius 3 is 2.81 bits per heavy atom. The summed E-state index contributed by atoms with van der Waals surface area (Å²) in [5.74, 6) is 0.319. The summed E-state index contributed by atoms with van der Waals surface area (Å²) in [7, 11) is 0. The lowest BCUT2D eigenvalue weighted by Gasteiger charge is -2.27. The molecule has 2 amide bonds. The van der Waals surface area contributed by atoms with Crippen LogP contribution in [-0.4, -0.2) is 62.2 Å². The highest BCUT2D eigenvalue weighted by atomic mass is 16.5. The van der Waals surface area contributed by atoms with Crippen molar-refractivity contribution < 1.29 is 19.1 Å². The quantitative estimate of drug-likeness (QED) is 0.833. The molecule has 7 nitrogen and oxygen atoms in total. The van der Waals surface area contributed by atoms with Crippen molar-refractivity contribution >= 4 is 17.5 Å². The van der Waals surface area contributed by atoms with Gasteiger partial charge in [0.1, 0.15) is 11.9 Å². The molecule has 2 fully saturated rings. The molecular formula is C19H27N3O4. The highest BCUT2D eigenvalue weighted by Gasteiger charge is 2.24. The maximum absolute atomic E-state index is 12.7.